The largest absolute Gasteiger partial charge is 0.463 e. The minimum atomic E-state index is -1.43. The van der Waals surface area contributed by atoms with Gasteiger partial charge in [0.15, 0.2) is 12.2 Å². The molecule has 0 bridgehead atoms. The van der Waals surface area contributed by atoms with Gasteiger partial charge in [-0.15, -0.1) is 0 Å². The molecule has 0 spiro atoms. The van der Waals surface area contributed by atoms with E-state index in [1.54, 1.807) is 0 Å². The first kappa shape index (κ1) is 26.1. The zero-order valence-corrected chi connectivity index (χ0v) is 19.0. The van der Waals surface area contributed by atoms with Crippen LogP contribution >= 0.6 is 11.6 Å². The Balaban J connectivity index is 2.48. The van der Waals surface area contributed by atoms with Gasteiger partial charge in [0, 0.05) is 33.3 Å². The Hall–Kier alpha value is -3.18. The fourth-order valence-corrected chi connectivity index (χ4v) is 3.33. The smallest absolute Gasteiger partial charge is 0.303 e. The van der Waals surface area contributed by atoms with E-state index >= 15 is 0 Å². The molecule has 0 aliphatic carbocycles. The predicted molar refractivity (Wildman–Crippen MR) is 109 cm³/mol. The lowest BCUT2D eigenvalue weighted by atomic mass is 9.98. The maximum absolute atomic E-state index is 11.8. The number of rotatable bonds is 8. The first-order chi connectivity index (χ1) is 15.5. The zero-order valence-electron chi connectivity index (χ0n) is 18.3. The van der Waals surface area contributed by atoms with Crippen molar-refractivity contribution >= 4 is 41.8 Å². The summed E-state index contributed by atoms with van der Waals surface area (Å²) in [6.07, 6.45) is -6.07. The minimum absolute atomic E-state index is 0.0486. The monoisotopic (exact) mass is 486 g/mol. The molecule has 2 rings (SSSR count). The van der Waals surface area contributed by atoms with Gasteiger partial charge in [-0.05, 0) is 18.2 Å². The lowest BCUT2D eigenvalue weighted by molar-refractivity contribution is -0.288. The van der Waals surface area contributed by atoms with Crippen molar-refractivity contribution in [3.05, 3.63) is 28.8 Å². The summed E-state index contributed by atoms with van der Waals surface area (Å²) in [6.45, 7) is 4.11. The van der Waals surface area contributed by atoms with Gasteiger partial charge in [-0.3, -0.25) is 24.0 Å². The van der Waals surface area contributed by atoms with Crippen LogP contribution < -0.4 is 4.74 Å². The predicted octanol–water partition coefficient (Wildman–Crippen LogP) is 1.61. The van der Waals surface area contributed by atoms with Gasteiger partial charge in [0.05, 0.1) is 5.02 Å². The van der Waals surface area contributed by atoms with E-state index in [0.717, 1.165) is 27.7 Å². The second-order valence-corrected chi connectivity index (χ2v) is 7.40. The average molecular weight is 487 g/mol. The van der Waals surface area contributed by atoms with Crippen LogP contribution in [0.25, 0.3) is 0 Å². The van der Waals surface area contributed by atoms with Crippen molar-refractivity contribution < 1.29 is 52.4 Å². The molecule has 1 aliphatic rings. The van der Waals surface area contributed by atoms with Crippen LogP contribution in [0.2, 0.25) is 5.02 Å². The highest BCUT2D eigenvalue weighted by atomic mass is 35.5. The van der Waals surface area contributed by atoms with Crippen molar-refractivity contribution in [2.45, 2.75) is 58.4 Å². The fraction of sp³-hybridized carbons (Fsp3) is 0.476. The molecule has 180 valence electrons. The molecule has 33 heavy (non-hydrogen) atoms. The molecule has 1 heterocycles. The van der Waals surface area contributed by atoms with Crippen molar-refractivity contribution in [2.75, 3.05) is 6.61 Å². The van der Waals surface area contributed by atoms with Gasteiger partial charge in [0.1, 0.15) is 24.7 Å². The molecule has 1 saturated heterocycles. The number of esters is 4. The first-order valence-electron chi connectivity index (χ1n) is 9.73. The Labute approximate surface area is 194 Å². The second-order valence-electron chi connectivity index (χ2n) is 6.99. The van der Waals surface area contributed by atoms with Crippen LogP contribution in [0.15, 0.2) is 18.2 Å². The number of halogens is 1. The van der Waals surface area contributed by atoms with Crippen LogP contribution in [0.3, 0.4) is 0 Å². The molecule has 11 nitrogen and oxygen atoms in total. The van der Waals surface area contributed by atoms with Crippen LogP contribution in [-0.4, -0.2) is 67.5 Å². The van der Waals surface area contributed by atoms with Gasteiger partial charge in [-0.2, -0.15) is 0 Å². The van der Waals surface area contributed by atoms with Crippen molar-refractivity contribution in [3.63, 3.8) is 0 Å². The summed E-state index contributed by atoms with van der Waals surface area (Å²) in [5.74, 6) is -2.87. The molecular weight excluding hydrogens is 464 g/mol. The Morgan fingerprint density at radius 3 is 2.00 bits per heavy atom. The van der Waals surface area contributed by atoms with E-state index < -0.39 is 61.2 Å². The summed E-state index contributed by atoms with van der Waals surface area (Å²) >= 11 is 6.17. The molecular formula is C21H23ClO11. The number of ether oxygens (including phenoxy) is 6. The number of benzene rings is 1. The molecule has 0 N–H and O–H groups in total. The summed E-state index contributed by atoms with van der Waals surface area (Å²) in [7, 11) is 0. The topological polar surface area (TPSA) is 141 Å². The summed E-state index contributed by atoms with van der Waals surface area (Å²) < 4.78 is 32.5. The van der Waals surface area contributed by atoms with Crippen molar-refractivity contribution in [3.8, 4) is 5.75 Å². The number of hydrogen-bond acceptors (Lipinski definition) is 11. The molecule has 1 aliphatic heterocycles. The molecule has 0 radical (unpaired) electrons. The van der Waals surface area contributed by atoms with Crippen molar-refractivity contribution in [2.24, 2.45) is 0 Å². The van der Waals surface area contributed by atoms with Crippen LogP contribution in [0.4, 0.5) is 0 Å². The van der Waals surface area contributed by atoms with Crippen LogP contribution in [0.1, 0.15) is 38.1 Å². The zero-order chi connectivity index (χ0) is 24.7. The van der Waals surface area contributed by atoms with Gasteiger partial charge in [0.2, 0.25) is 12.4 Å². The average Bonchev–Trinajstić information content (AvgIpc) is 2.71. The first-order valence-corrected chi connectivity index (χ1v) is 10.1. The van der Waals surface area contributed by atoms with E-state index in [-0.39, 0.29) is 16.3 Å². The summed E-state index contributed by atoms with van der Waals surface area (Å²) in [5, 5.41) is 0.0486. The standard InChI is InChI=1S/C21H23ClO11/c1-10(24)28-9-17-18(29-11(2)25)19(30-12(3)26)20(31-13(4)27)21(33-17)32-16-6-5-14(8-23)7-15(16)22/h5-8,17-21H,9H2,1-4H3/t17-,18+,19+,20-,21+/m1/s1. The van der Waals surface area contributed by atoms with Gasteiger partial charge >= 0.3 is 23.9 Å². The van der Waals surface area contributed by atoms with Crippen LogP contribution in [0, 0.1) is 0 Å². The Kier molecular flexibility index (Phi) is 9.18. The highest BCUT2D eigenvalue weighted by Gasteiger charge is 2.53. The highest BCUT2D eigenvalue weighted by molar-refractivity contribution is 6.32. The molecule has 5 atom stereocenters. The third kappa shape index (κ3) is 7.43. The number of hydrogen-bond donors (Lipinski definition) is 0. The summed E-state index contributed by atoms with van der Waals surface area (Å²) in [6, 6.07) is 4.16. The van der Waals surface area contributed by atoms with E-state index in [4.69, 9.17) is 40.0 Å². The third-order valence-corrected chi connectivity index (χ3v) is 4.58. The summed E-state index contributed by atoms with van der Waals surface area (Å²) in [5.41, 5.74) is 0.286. The maximum atomic E-state index is 11.8. The quantitative estimate of drug-likeness (QED) is 0.300. The molecule has 0 unspecified atom stereocenters. The van der Waals surface area contributed by atoms with Gasteiger partial charge in [0.25, 0.3) is 0 Å². The lowest BCUT2D eigenvalue weighted by Crippen LogP contribution is -2.63. The van der Waals surface area contributed by atoms with E-state index in [1.165, 1.54) is 18.2 Å². The molecule has 0 amide bonds. The molecule has 12 heteroatoms. The molecule has 0 saturated carbocycles. The van der Waals surface area contributed by atoms with Gasteiger partial charge in [-0.1, -0.05) is 11.6 Å². The van der Waals surface area contributed by atoms with E-state index in [2.05, 4.69) is 0 Å². The number of carbonyl (C=O) groups excluding carboxylic acids is 5. The molecule has 1 aromatic carbocycles. The normalized spacial score (nSPS) is 24.2. The second kappa shape index (κ2) is 11.6. The Morgan fingerprint density at radius 2 is 1.48 bits per heavy atom. The van der Waals surface area contributed by atoms with Gasteiger partial charge < -0.3 is 28.4 Å². The van der Waals surface area contributed by atoms with E-state index in [1.807, 2.05) is 0 Å². The maximum Gasteiger partial charge on any atom is 0.303 e. The Morgan fingerprint density at radius 1 is 0.909 bits per heavy atom. The lowest BCUT2D eigenvalue weighted by Gasteiger charge is -2.44. The fourth-order valence-electron chi connectivity index (χ4n) is 3.09. The third-order valence-electron chi connectivity index (χ3n) is 4.28. The minimum Gasteiger partial charge on any atom is -0.463 e. The number of aldehydes is 1. The van der Waals surface area contributed by atoms with Crippen molar-refractivity contribution in [1.29, 1.82) is 0 Å². The van der Waals surface area contributed by atoms with E-state index in [9.17, 15) is 24.0 Å². The van der Waals surface area contributed by atoms with Crippen LogP contribution in [-0.2, 0) is 42.9 Å². The summed E-state index contributed by atoms with van der Waals surface area (Å²) in [4.78, 5) is 57.6. The molecule has 1 fully saturated rings. The Bertz CT molecular complexity index is 915. The highest BCUT2D eigenvalue weighted by Crippen LogP contribution is 2.33. The molecule has 1 aromatic rings. The number of carbonyl (C=O) groups is 5. The van der Waals surface area contributed by atoms with Gasteiger partial charge in [-0.25, -0.2) is 0 Å². The van der Waals surface area contributed by atoms with Crippen LogP contribution in [0.5, 0.6) is 5.75 Å². The van der Waals surface area contributed by atoms with E-state index in [0.29, 0.717) is 6.29 Å². The van der Waals surface area contributed by atoms with Crippen molar-refractivity contribution in [1.82, 2.24) is 0 Å². The molecule has 0 aromatic heterocycles. The SMILES string of the molecule is CC(=O)OC[C@H]1O[C@H](Oc2ccc(C=O)cc2Cl)[C@H](OC(C)=O)[C@@H](OC(C)=O)[C@H]1OC(C)=O.